The van der Waals surface area contributed by atoms with Gasteiger partial charge in [0.15, 0.2) is 5.75 Å². The molecule has 0 aromatic heterocycles. The first-order valence-corrected chi connectivity index (χ1v) is 5.08. The number of alkyl halides is 3. The van der Waals surface area contributed by atoms with Gasteiger partial charge in [0.25, 0.3) is 0 Å². The van der Waals surface area contributed by atoms with Gasteiger partial charge in [0.2, 0.25) is 0 Å². The summed E-state index contributed by atoms with van der Waals surface area (Å²) in [5.41, 5.74) is -0.400. The second kappa shape index (κ2) is 5.25. The summed E-state index contributed by atoms with van der Waals surface area (Å²) >= 11 is 2.92. The minimum atomic E-state index is -4.95. The number of carboxylic acid groups (broad SMARTS) is 1. The first-order chi connectivity index (χ1) is 8.19. The molecule has 98 valence electrons. The molecular weight excluding hydrogens is 323 g/mol. The van der Waals surface area contributed by atoms with Crippen molar-refractivity contribution >= 4 is 33.5 Å². The third kappa shape index (κ3) is 4.24. The predicted molar refractivity (Wildman–Crippen MR) is 57.1 cm³/mol. The van der Waals surface area contributed by atoms with E-state index in [-0.39, 0.29) is 4.47 Å². The second-order valence-electron chi connectivity index (χ2n) is 2.95. The van der Waals surface area contributed by atoms with Crippen LogP contribution in [0.3, 0.4) is 0 Å². The minimum absolute atomic E-state index is 0.273. The van der Waals surface area contributed by atoms with Gasteiger partial charge in [-0.2, -0.15) is 0 Å². The Balaban J connectivity index is 3.04. The molecule has 1 aromatic carbocycles. The number of halogens is 4. The number of nitrogens with one attached hydrogen (secondary N) is 1. The van der Waals surface area contributed by atoms with Crippen LogP contribution in [0.1, 0.15) is 0 Å². The quantitative estimate of drug-likeness (QED) is 0.818. The lowest BCUT2D eigenvalue weighted by Crippen LogP contribution is -2.23. The third-order valence-electron chi connectivity index (χ3n) is 1.61. The summed E-state index contributed by atoms with van der Waals surface area (Å²) in [6.07, 6.45) is -4.95. The van der Waals surface area contributed by atoms with E-state index in [2.05, 4.69) is 20.7 Å². The fourth-order valence-corrected chi connectivity index (χ4v) is 1.32. The molecule has 9 heteroatoms. The van der Waals surface area contributed by atoms with Crippen LogP contribution in [0.4, 0.5) is 18.9 Å². The van der Waals surface area contributed by atoms with Crippen molar-refractivity contribution in [2.24, 2.45) is 0 Å². The second-order valence-corrected chi connectivity index (χ2v) is 3.86. The summed E-state index contributed by atoms with van der Waals surface area (Å²) in [5, 5.41) is 10.1. The Morgan fingerprint density at radius 2 is 1.94 bits per heavy atom. The molecule has 0 heterocycles. The van der Waals surface area contributed by atoms with Gasteiger partial charge in [-0.25, -0.2) is 4.79 Å². The van der Waals surface area contributed by atoms with Gasteiger partial charge in [0.1, 0.15) is 0 Å². The van der Waals surface area contributed by atoms with Gasteiger partial charge in [-0.1, -0.05) is 15.9 Å². The van der Waals surface area contributed by atoms with E-state index < -0.39 is 29.7 Å². The van der Waals surface area contributed by atoms with E-state index in [1.807, 2.05) is 0 Å². The van der Waals surface area contributed by atoms with Gasteiger partial charge >= 0.3 is 18.2 Å². The average Bonchev–Trinajstić information content (AvgIpc) is 2.19. The van der Waals surface area contributed by atoms with Gasteiger partial charge in [-0.3, -0.25) is 4.79 Å². The predicted octanol–water partition coefficient (Wildman–Crippen LogP) is 2.37. The van der Waals surface area contributed by atoms with Crippen LogP contribution in [-0.4, -0.2) is 23.3 Å². The van der Waals surface area contributed by atoms with Crippen LogP contribution in [0.2, 0.25) is 0 Å². The van der Waals surface area contributed by atoms with Crippen molar-refractivity contribution in [1.82, 2.24) is 0 Å². The van der Waals surface area contributed by atoms with E-state index in [1.54, 1.807) is 5.32 Å². The lowest BCUT2D eigenvalue weighted by atomic mass is 10.3. The van der Waals surface area contributed by atoms with E-state index in [0.29, 0.717) is 0 Å². The fraction of sp³-hybridized carbons (Fsp3) is 0.111. The zero-order chi connectivity index (χ0) is 13.9. The van der Waals surface area contributed by atoms with Crippen molar-refractivity contribution in [3.05, 3.63) is 22.7 Å². The van der Waals surface area contributed by atoms with Crippen LogP contribution < -0.4 is 10.1 Å². The molecule has 1 aromatic rings. The lowest BCUT2D eigenvalue weighted by Gasteiger charge is -2.13. The van der Waals surface area contributed by atoms with Crippen molar-refractivity contribution in [3.8, 4) is 5.75 Å². The molecule has 0 saturated heterocycles. The van der Waals surface area contributed by atoms with Crippen LogP contribution in [0.5, 0.6) is 5.75 Å². The summed E-state index contributed by atoms with van der Waals surface area (Å²) < 4.78 is 40.2. The summed E-state index contributed by atoms with van der Waals surface area (Å²) in [4.78, 5) is 21.1. The number of carboxylic acids is 1. The lowest BCUT2D eigenvalue weighted by molar-refractivity contribution is -0.274. The van der Waals surface area contributed by atoms with Crippen LogP contribution in [-0.2, 0) is 9.59 Å². The molecular formula is C9H5BrF3NO4. The normalized spacial score (nSPS) is 10.9. The van der Waals surface area contributed by atoms with E-state index >= 15 is 0 Å². The maximum absolute atomic E-state index is 12.1. The van der Waals surface area contributed by atoms with Crippen LogP contribution in [0.25, 0.3) is 0 Å². The molecule has 0 unspecified atom stereocenters. The van der Waals surface area contributed by atoms with E-state index in [1.165, 1.54) is 6.07 Å². The average molecular weight is 328 g/mol. The summed E-state index contributed by atoms with van der Waals surface area (Å²) in [6, 6.07) is 3.34. The number of aliphatic carboxylic acids is 1. The first kappa shape index (κ1) is 14.3. The van der Waals surface area contributed by atoms with Gasteiger partial charge < -0.3 is 15.2 Å². The van der Waals surface area contributed by atoms with Crippen molar-refractivity contribution in [3.63, 3.8) is 0 Å². The SMILES string of the molecule is O=C(O)C(=O)Nc1ccc(Br)cc1OC(F)(F)F. The number of hydrogen-bond donors (Lipinski definition) is 2. The molecule has 0 aliphatic carbocycles. The summed E-state index contributed by atoms with van der Waals surface area (Å²) in [7, 11) is 0. The Hall–Kier alpha value is -1.77. The zero-order valence-electron chi connectivity index (χ0n) is 8.42. The molecule has 0 aliphatic rings. The molecule has 2 N–H and O–H groups in total. The Kier molecular flexibility index (Phi) is 4.17. The Morgan fingerprint density at radius 1 is 1.33 bits per heavy atom. The minimum Gasteiger partial charge on any atom is -0.474 e. The highest BCUT2D eigenvalue weighted by Crippen LogP contribution is 2.32. The standard InChI is InChI=1S/C9H5BrF3NO4/c10-4-1-2-5(14-7(15)8(16)17)6(3-4)18-9(11,12)13/h1-3H,(H,14,15)(H,16,17). The molecule has 0 radical (unpaired) electrons. The maximum Gasteiger partial charge on any atom is 0.573 e. The van der Waals surface area contributed by atoms with Crippen molar-refractivity contribution in [2.45, 2.75) is 6.36 Å². The smallest absolute Gasteiger partial charge is 0.474 e. The molecule has 0 saturated carbocycles. The molecule has 0 aliphatic heterocycles. The molecule has 0 bridgehead atoms. The zero-order valence-corrected chi connectivity index (χ0v) is 10.0. The van der Waals surface area contributed by atoms with Crippen molar-refractivity contribution < 1.29 is 32.6 Å². The van der Waals surface area contributed by atoms with Gasteiger partial charge in [0.05, 0.1) is 5.69 Å². The number of ether oxygens (including phenoxy) is 1. The molecule has 0 fully saturated rings. The Morgan fingerprint density at radius 3 is 2.44 bits per heavy atom. The Labute approximate surface area is 107 Å². The van der Waals surface area contributed by atoms with E-state index in [0.717, 1.165) is 12.1 Å². The maximum atomic E-state index is 12.1. The summed E-state index contributed by atoms with van der Waals surface area (Å²) in [5.74, 6) is -4.01. The summed E-state index contributed by atoms with van der Waals surface area (Å²) in [6.45, 7) is 0. The van der Waals surface area contributed by atoms with Gasteiger partial charge in [-0.05, 0) is 18.2 Å². The monoisotopic (exact) mass is 327 g/mol. The molecule has 0 atom stereocenters. The number of anilines is 1. The van der Waals surface area contributed by atoms with Crippen LogP contribution >= 0.6 is 15.9 Å². The fourth-order valence-electron chi connectivity index (χ4n) is 0.984. The molecule has 5 nitrogen and oxygen atoms in total. The Bertz CT molecular complexity index is 489. The highest BCUT2D eigenvalue weighted by Gasteiger charge is 2.32. The highest BCUT2D eigenvalue weighted by atomic mass is 79.9. The molecule has 1 amide bonds. The molecule has 1 rings (SSSR count). The van der Waals surface area contributed by atoms with Crippen LogP contribution in [0, 0.1) is 0 Å². The number of hydrogen-bond acceptors (Lipinski definition) is 3. The first-order valence-electron chi connectivity index (χ1n) is 4.28. The number of amides is 1. The number of benzene rings is 1. The van der Waals surface area contributed by atoms with E-state index in [9.17, 15) is 22.8 Å². The number of carbonyl (C=O) groups excluding carboxylic acids is 1. The largest absolute Gasteiger partial charge is 0.573 e. The molecule has 18 heavy (non-hydrogen) atoms. The van der Waals surface area contributed by atoms with Gasteiger partial charge in [0, 0.05) is 4.47 Å². The molecule has 0 spiro atoms. The highest BCUT2D eigenvalue weighted by molar-refractivity contribution is 9.10. The number of carbonyl (C=O) groups is 2. The van der Waals surface area contributed by atoms with Crippen molar-refractivity contribution in [1.29, 1.82) is 0 Å². The van der Waals surface area contributed by atoms with E-state index in [4.69, 9.17) is 5.11 Å². The topological polar surface area (TPSA) is 75.6 Å². The van der Waals surface area contributed by atoms with Crippen LogP contribution in [0.15, 0.2) is 22.7 Å². The van der Waals surface area contributed by atoms with Gasteiger partial charge in [-0.15, -0.1) is 13.2 Å². The van der Waals surface area contributed by atoms with Crippen molar-refractivity contribution in [2.75, 3.05) is 5.32 Å². The number of rotatable bonds is 2. The third-order valence-corrected chi connectivity index (χ3v) is 2.11.